The second-order valence-electron chi connectivity index (χ2n) is 5.51. The number of carboxylic acids is 1. The number of nitrogens with one attached hydrogen (secondary N) is 1. The van der Waals surface area contributed by atoms with Crippen molar-refractivity contribution in [1.29, 1.82) is 0 Å². The Morgan fingerprint density at radius 1 is 1.15 bits per heavy atom. The first-order chi connectivity index (χ1) is 12.4. The topological polar surface area (TPSA) is 75.6 Å². The molecule has 2 aromatic rings. The quantitative estimate of drug-likeness (QED) is 0.755. The van der Waals surface area contributed by atoms with E-state index in [1.807, 2.05) is 0 Å². The summed E-state index contributed by atoms with van der Waals surface area (Å²) in [7, 11) is 0. The van der Waals surface area contributed by atoms with Gasteiger partial charge in [-0.1, -0.05) is 24.3 Å². The van der Waals surface area contributed by atoms with E-state index in [-0.39, 0.29) is 30.9 Å². The molecule has 0 radical (unpaired) electrons. The average molecular weight is 363 g/mol. The predicted molar refractivity (Wildman–Crippen MR) is 91.6 cm³/mol. The van der Waals surface area contributed by atoms with E-state index >= 15 is 0 Å². The fraction of sp³-hybridized carbons (Fsp3) is 0.263. The van der Waals surface area contributed by atoms with Crippen molar-refractivity contribution >= 4 is 11.9 Å². The van der Waals surface area contributed by atoms with Crippen LogP contribution in [0.3, 0.4) is 0 Å². The standard InChI is InChI=1S/C19H19F2NO4/c1-2-26-16-9-4-3-8-15(16)19(20,21)18(25)22-11-10-13-6-5-7-14(12-13)17(23)24/h3-9,12H,2,10-11H2,1H3,(H,22,25)(H,23,24). The molecule has 26 heavy (non-hydrogen) atoms. The van der Waals surface area contributed by atoms with Crippen LogP contribution in [-0.4, -0.2) is 30.1 Å². The van der Waals surface area contributed by atoms with Crippen molar-refractivity contribution in [1.82, 2.24) is 5.32 Å². The third-order valence-corrected chi connectivity index (χ3v) is 3.68. The Labute approximate surface area is 149 Å². The monoisotopic (exact) mass is 363 g/mol. The van der Waals surface area contributed by atoms with E-state index in [9.17, 15) is 18.4 Å². The molecule has 0 unspecified atom stereocenters. The molecule has 0 saturated carbocycles. The van der Waals surface area contributed by atoms with Crippen LogP contribution in [0.2, 0.25) is 0 Å². The molecule has 7 heteroatoms. The van der Waals surface area contributed by atoms with E-state index in [0.717, 1.165) is 6.07 Å². The first-order valence-corrected chi connectivity index (χ1v) is 8.07. The Bertz CT molecular complexity index is 793. The molecule has 0 spiro atoms. The lowest BCUT2D eigenvalue weighted by molar-refractivity contribution is -0.147. The van der Waals surface area contributed by atoms with Crippen LogP contribution in [0, 0.1) is 0 Å². The normalized spacial score (nSPS) is 11.0. The summed E-state index contributed by atoms with van der Waals surface area (Å²) in [4.78, 5) is 22.9. The van der Waals surface area contributed by atoms with Crippen LogP contribution < -0.4 is 10.1 Å². The number of para-hydroxylation sites is 1. The van der Waals surface area contributed by atoms with Crippen LogP contribution in [0.4, 0.5) is 8.78 Å². The van der Waals surface area contributed by atoms with Crippen LogP contribution in [-0.2, 0) is 17.1 Å². The zero-order valence-electron chi connectivity index (χ0n) is 14.2. The van der Waals surface area contributed by atoms with Gasteiger partial charge in [0.25, 0.3) is 5.91 Å². The minimum atomic E-state index is -3.74. The molecular weight excluding hydrogens is 344 g/mol. The molecule has 5 nitrogen and oxygen atoms in total. The summed E-state index contributed by atoms with van der Waals surface area (Å²) in [5, 5.41) is 11.1. The number of alkyl halides is 2. The van der Waals surface area contributed by atoms with Crippen LogP contribution in [0.5, 0.6) is 5.75 Å². The third-order valence-electron chi connectivity index (χ3n) is 3.68. The number of rotatable bonds is 8. The molecule has 2 rings (SSSR count). The van der Waals surface area contributed by atoms with Crippen molar-refractivity contribution in [2.75, 3.05) is 13.2 Å². The Balaban J connectivity index is 2.03. The van der Waals surface area contributed by atoms with E-state index < -0.39 is 23.4 Å². The zero-order valence-corrected chi connectivity index (χ0v) is 14.2. The molecule has 0 fully saturated rings. The number of hydrogen-bond acceptors (Lipinski definition) is 3. The number of benzene rings is 2. The highest BCUT2D eigenvalue weighted by Crippen LogP contribution is 2.35. The summed E-state index contributed by atoms with van der Waals surface area (Å²) in [5.41, 5.74) is 0.236. The van der Waals surface area contributed by atoms with Gasteiger partial charge in [0.2, 0.25) is 0 Å². The van der Waals surface area contributed by atoms with Crippen molar-refractivity contribution in [3.8, 4) is 5.75 Å². The minimum absolute atomic E-state index is 0.0377. The highest BCUT2D eigenvalue weighted by atomic mass is 19.3. The smallest absolute Gasteiger partial charge is 0.353 e. The third kappa shape index (κ3) is 4.56. The lowest BCUT2D eigenvalue weighted by atomic mass is 10.1. The number of amides is 1. The first-order valence-electron chi connectivity index (χ1n) is 8.07. The van der Waals surface area contributed by atoms with Gasteiger partial charge in [0.15, 0.2) is 0 Å². The minimum Gasteiger partial charge on any atom is -0.493 e. The number of aromatic carboxylic acids is 1. The van der Waals surface area contributed by atoms with Gasteiger partial charge < -0.3 is 15.2 Å². The lowest BCUT2D eigenvalue weighted by Crippen LogP contribution is -2.39. The average Bonchev–Trinajstić information content (AvgIpc) is 2.62. The van der Waals surface area contributed by atoms with E-state index in [1.165, 1.54) is 24.3 Å². The highest BCUT2D eigenvalue weighted by molar-refractivity contribution is 5.87. The van der Waals surface area contributed by atoms with Crippen LogP contribution in [0.25, 0.3) is 0 Å². The van der Waals surface area contributed by atoms with Gasteiger partial charge in [-0.2, -0.15) is 8.78 Å². The maximum atomic E-state index is 14.5. The number of carbonyl (C=O) groups excluding carboxylic acids is 1. The summed E-state index contributed by atoms with van der Waals surface area (Å²) in [5.74, 6) is -6.28. The molecule has 0 bridgehead atoms. The van der Waals surface area contributed by atoms with Gasteiger partial charge in [-0.05, 0) is 43.2 Å². The molecule has 0 aliphatic heterocycles. The van der Waals surface area contributed by atoms with Crippen molar-refractivity contribution in [2.24, 2.45) is 0 Å². The molecule has 1 amide bonds. The second-order valence-corrected chi connectivity index (χ2v) is 5.51. The number of hydrogen-bond donors (Lipinski definition) is 2. The van der Waals surface area contributed by atoms with Crippen molar-refractivity contribution < 1.29 is 28.2 Å². The number of halogens is 2. The summed E-state index contributed by atoms with van der Waals surface area (Å²) < 4.78 is 34.1. The molecule has 0 aliphatic carbocycles. The van der Waals surface area contributed by atoms with Gasteiger partial charge in [-0.25, -0.2) is 4.79 Å². The second kappa shape index (κ2) is 8.42. The van der Waals surface area contributed by atoms with Gasteiger partial charge in [0.05, 0.1) is 17.7 Å². The molecule has 0 saturated heterocycles. The molecule has 2 N–H and O–H groups in total. The lowest BCUT2D eigenvalue weighted by Gasteiger charge is -2.19. The van der Waals surface area contributed by atoms with E-state index in [1.54, 1.807) is 25.1 Å². The Morgan fingerprint density at radius 2 is 1.88 bits per heavy atom. The Hall–Kier alpha value is -2.96. The SMILES string of the molecule is CCOc1ccccc1C(F)(F)C(=O)NCCc1cccc(C(=O)O)c1. The van der Waals surface area contributed by atoms with Crippen LogP contribution >= 0.6 is 0 Å². The highest BCUT2D eigenvalue weighted by Gasteiger charge is 2.43. The van der Waals surface area contributed by atoms with Gasteiger partial charge in [0, 0.05) is 6.54 Å². The van der Waals surface area contributed by atoms with Crippen molar-refractivity contribution in [2.45, 2.75) is 19.3 Å². The Kier molecular flexibility index (Phi) is 6.27. The largest absolute Gasteiger partial charge is 0.493 e. The van der Waals surface area contributed by atoms with Gasteiger partial charge in [0.1, 0.15) is 5.75 Å². The zero-order chi connectivity index (χ0) is 19.2. The molecule has 0 atom stereocenters. The molecule has 138 valence electrons. The molecule has 2 aromatic carbocycles. The van der Waals surface area contributed by atoms with E-state index in [4.69, 9.17) is 9.84 Å². The van der Waals surface area contributed by atoms with E-state index in [0.29, 0.717) is 5.56 Å². The van der Waals surface area contributed by atoms with Crippen LogP contribution in [0.15, 0.2) is 48.5 Å². The molecule has 0 aliphatic rings. The van der Waals surface area contributed by atoms with Crippen LogP contribution in [0.1, 0.15) is 28.4 Å². The maximum Gasteiger partial charge on any atom is 0.353 e. The van der Waals surface area contributed by atoms with Crippen molar-refractivity contribution in [3.63, 3.8) is 0 Å². The Morgan fingerprint density at radius 3 is 2.58 bits per heavy atom. The fourth-order valence-corrected chi connectivity index (χ4v) is 2.42. The molecule has 0 aromatic heterocycles. The van der Waals surface area contributed by atoms with Gasteiger partial charge >= 0.3 is 11.9 Å². The molecular formula is C19H19F2NO4. The summed E-state index contributed by atoms with van der Waals surface area (Å²) >= 11 is 0. The fourth-order valence-electron chi connectivity index (χ4n) is 2.42. The van der Waals surface area contributed by atoms with E-state index in [2.05, 4.69) is 5.32 Å². The summed E-state index contributed by atoms with van der Waals surface area (Å²) in [6.07, 6.45) is 0.232. The van der Waals surface area contributed by atoms with Crippen molar-refractivity contribution in [3.05, 3.63) is 65.2 Å². The van der Waals surface area contributed by atoms with Gasteiger partial charge in [-0.3, -0.25) is 4.79 Å². The first kappa shape index (κ1) is 19.4. The number of carbonyl (C=O) groups is 2. The maximum absolute atomic E-state index is 14.5. The predicted octanol–water partition coefficient (Wildman–Crippen LogP) is 3.23. The number of carboxylic acid groups (broad SMARTS) is 1. The number of ether oxygens (including phenoxy) is 1. The molecule has 0 heterocycles. The summed E-state index contributed by atoms with van der Waals surface area (Å²) in [6, 6.07) is 11.6. The van der Waals surface area contributed by atoms with Gasteiger partial charge in [-0.15, -0.1) is 0 Å². The summed E-state index contributed by atoms with van der Waals surface area (Å²) in [6.45, 7) is 1.82.